The van der Waals surface area contributed by atoms with Gasteiger partial charge in [-0.1, -0.05) is 11.8 Å². The van der Waals surface area contributed by atoms with E-state index in [1.54, 1.807) is 18.5 Å². The number of nitrogens with one attached hydrogen (secondary N) is 1. The molecule has 112 valence electrons. The van der Waals surface area contributed by atoms with Crippen molar-refractivity contribution in [2.24, 2.45) is 5.73 Å². The summed E-state index contributed by atoms with van der Waals surface area (Å²) < 4.78 is 0. The molecule has 1 fully saturated rings. The van der Waals surface area contributed by atoms with Crippen LogP contribution in [0.25, 0.3) is 0 Å². The van der Waals surface area contributed by atoms with Crippen LogP contribution in [0.15, 0.2) is 18.5 Å². The summed E-state index contributed by atoms with van der Waals surface area (Å²) in [5, 5.41) is 3.85. The first-order chi connectivity index (χ1) is 10.2. The largest absolute Gasteiger partial charge is 0.349 e. The monoisotopic (exact) mass is 303 g/mol. The highest BCUT2D eigenvalue weighted by Crippen LogP contribution is 2.26. The van der Waals surface area contributed by atoms with Gasteiger partial charge < -0.3 is 11.1 Å². The fraction of sp³-hybridized carbons (Fsp3) is 0.500. The highest BCUT2D eigenvalue weighted by atomic mass is 32.2. The Morgan fingerprint density at radius 2 is 2.19 bits per heavy atom. The normalized spacial score (nSPS) is 21.2. The summed E-state index contributed by atoms with van der Waals surface area (Å²) >= 11 is 1.92. The maximum absolute atomic E-state index is 12.3. The van der Waals surface area contributed by atoms with Crippen LogP contribution in [-0.2, 0) is 0 Å². The molecule has 1 saturated carbocycles. The standard InChI is InChI=1S/C16H21N3OS/c1-21-15-6-4-14(5-7-15)19-16(20)13-9-12(3-2-8-17)10-18-11-13/h9-11,14-15H,4-8,17H2,1H3,(H,19,20). The second-order valence-corrected chi connectivity index (χ2v) is 6.29. The van der Waals surface area contributed by atoms with Crippen molar-refractivity contribution in [2.75, 3.05) is 12.8 Å². The molecule has 0 saturated heterocycles. The van der Waals surface area contributed by atoms with Crippen LogP contribution in [0, 0.1) is 11.8 Å². The van der Waals surface area contributed by atoms with Crippen molar-refractivity contribution in [3.05, 3.63) is 29.6 Å². The van der Waals surface area contributed by atoms with E-state index in [0.29, 0.717) is 12.1 Å². The van der Waals surface area contributed by atoms with Gasteiger partial charge in [-0.15, -0.1) is 0 Å². The average molecular weight is 303 g/mol. The molecule has 21 heavy (non-hydrogen) atoms. The Kier molecular flexibility index (Phi) is 6.09. The molecule has 0 atom stereocenters. The van der Waals surface area contributed by atoms with Crippen LogP contribution in [0.3, 0.4) is 0 Å². The lowest BCUT2D eigenvalue weighted by Gasteiger charge is -2.28. The molecule has 0 aliphatic heterocycles. The first-order valence-electron chi connectivity index (χ1n) is 7.20. The molecule has 1 heterocycles. The summed E-state index contributed by atoms with van der Waals surface area (Å²) in [5.74, 6) is 5.60. The lowest BCUT2D eigenvalue weighted by molar-refractivity contribution is 0.0927. The molecule has 2 rings (SSSR count). The highest BCUT2D eigenvalue weighted by molar-refractivity contribution is 7.99. The van der Waals surface area contributed by atoms with Gasteiger partial charge >= 0.3 is 0 Å². The fourth-order valence-electron chi connectivity index (χ4n) is 2.50. The van der Waals surface area contributed by atoms with E-state index in [9.17, 15) is 4.79 Å². The minimum atomic E-state index is -0.0634. The lowest BCUT2D eigenvalue weighted by Crippen LogP contribution is -2.38. The van der Waals surface area contributed by atoms with E-state index in [1.165, 1.54) is 12.8 Å². The van der Waals surface area contributed by atoms with Crippen LogP contribution in [0.1, 0.15) is 41.6 Å². The zero-order valence-corrected chi connectivity index (χ0v) is 13.1. The highest BCUT2D eigenvalue weighted by Gasteiger charge is 2.22. The Balaban J connectivity index is 1.94. The second-order valence-electron chi connectivity index (χ2n) is 5.15. The maximum Gasteiger partial charge on any atom is 0.253 e. The number of aromatic nitrogens is 1. The zero-order chi connectivity index (χ0) is 15.1. The van der Waals surface area contributed by atoms with E-state index < -0.39 is 0 Å². The smallest absolute Gasteiger partial charge is 0.253 e. The third-order valence-electron chi connectivity index (χ3n) is 3.68. The van der Waals surface area contributed by atoms with Crippen LogP contribution in [0.4, 0.5) is 0 Å². The molecule has 0 radical (unpaired) electrons. The number of amides is 1. The van der Waals surface area contributed by atoms with Crippen molar-refractivity contribution in [3.8, 4) is 11.8 Å². The van der Waals surface area contributed by atoms with Gasteiger partial charge in [-0.2, -0.15) is 11.8 Å². The van der Waals surface area contributed by atoms with E-state index in [4.69, 9.17) is 5.73 Å². The average Bonchev–Trinajstić information content (AvgIpc) is 2.54. The number of pyridine rings is 1. The molecule has 1 amide bonds. The third kappa shape index (κ3) is 4.76. The number of carbonyl (C=O) groups excluding carboxylic acids is 1. The van der Waals surface area contributed by atoms with Gasteiger partial charge in [-0.25, -0.2) is 0 Å². The molecule has 0 unspecified atom stereocenters. The number of nitrogens with two attached hydrogens (primary N) is 1. The number of thioether (sulfide) groups is 1. The minimum absolute atomic E-state index is 0.0634. The molecule has 3 N–H and O–H groups in total. The number of hydrogen-bond acceptors (Lipinski definition) is 4. The van der Waals surface area contributed by atoms with Crippen LogP contribution < -0.4 is 11.1 Å². The van der Waals surface area contributed by atoms with E-state index in [-0.39, 0.29) is 11.9 Å². The van der Waals surface area contributed by atoms with Gasteiger partial charge in [0.1, 0.15) is 0 Å². The molecule has 5 heteroatoms. The zero-order valence-electron chi connectivity index (χ0n) is 12.3. The van der Waals surface area contributed by atoms with Crippen molar-refractivity contribution < 1.29 is 4.79 Å². The van der Waals surface area contributed by atoms with Gasteiger partial charge in [0.2, 0.25) is 0 Å². The summed E-state index contributed by atoms with van der Waals surface area (Å²) in [6.45, 7) is 0.301. The summed E-state index contributed by atoms with van der Waals surface area (Å²) in [4.78, 5) is 16.3. The van der Waals surface area contributed by atoms with Crippen molar-refractivity contribution in [1.82, 2.24) is 10.3 Å². The Hall–Kier alpha value is -1.51. The molecule has 1 aliphatic carbocycles. The van der Waals surface area contributed by atoms with E-state index in [0.717, 1.165) is 23.7 Å². The number of rotatable bonds is 3. The predicted octanol–water partition coefficient (Wildman–Crippen LogP) is 1.80. The van der Waals surface area contributed by atoms with Crippen LogP contribution in [0.2, 0.25) is 0 Å². The molecular weight excluding hydrogens is 282 g/mol. The molecule has 1 aliphatic rings. The lowest BCUT2D eigenvalue weighted by atomic mass is 9.95. The van der Waals surface area contributed by atoms with Gasteiger partial charge in [0.25, 0.3) is 5.91 Å². The van der Waals surface area contributed by atoms with Gasteiger partial charge in [0.05, 0.1) is 12.1 Å². The van der Waals surface area contributed by atoms with E-state index in [2.05, 4.69) is 28.4 Å². The molecule has 0 spiro atoms. The van der Waals surface area contributed by atoms with Gasteiger partial charge in [0, 0.05) is 29.2 Å². The Morgan fingerprint density at radius 3 is 2.86 bits per heavy atom. The summed E-state index contributed by atoms with van der Waals surface area (Å²) in [6.07, 6.45) is 9.83. The molecule has 0 bridgehead atoms. The molecule has 1 aromatic rings. The van der Waals surface area contributed by atoms with Crippen LogP contribution in [0.5, 0.6) is 0 Å². The van der Waals surface area contributed by atoms with Crippen LogP contribution >= 0.6 is 11.8 Å². The van der Waals surface area contributed by atoms with Gasteiger partial charge in [-0.05, 0) is 38.0 Å². The van der Waals surface area contributed by atoms with Crippen molar-refractivity contribution in [1.29, 1.82) is 0 Å². The Bertz CT molecular complexity index is 542. The Morgan fingerprint density at radius 1 is 1.43 bits per heavy atom. The van der Waals surface area contributed by atoms with E-state index in [1.807, 2.05) is 11.8 Å². The van der Waals surface area contributed by atoms with Crippen molar-refractivity contribution in [3.63, 3.8) is 0 Å². The topological polar surface area (TPSA) is 68.0 Å². The number of carbonyl (C=O) groups is 1. The predicted molar refractivity (Wildman–Crippen MR) is 87.2 cm³/mol. The first-order valence-corrected chi connectivity index (χ1v) is 8.49. The minimum Gasteiger partial charge on any atom is -0.349 e. The quantitative estimate of drug-likeness (QED) is 0.836. The van der Waals surface area contributed by atoms with Gasteiger partial charge in [-0.3, -0.25) is 9.78 Å². The molecular formula is C16H21N3OS. The summed E-state index contributed by atoms with van der Waals surface area (Å²) in [7, 11) is 0. The van der Waals surface area contributed by atoms with E-state index >= 15 is 0 Å². The van der Waals surface area contributed by atoms with Crippen molar-refractivity contribution in [2.45, 2.75) is 37.0 Å². The number of hydrogen-bond donors (Lipinski definition) is 2. The van der Waals surface area contributed by atoms with Crippen molar-refractivity contribution >= 4 is 17.7 Å². The summed E-state index contributed by atoms with van der Waals surface area (Å²) in [5.41, 5.74) is 6.63. The molecule has 4 nitrogen and oxygen atoms in total. The number of nitrogens with zero attached hydrogens (tertiary/aromatic N) is 1. The SMILES string of the molecule is CSC1CCC(NC(=O)c2cncc(C#CCN)c2)CC1. The third-order valence-corrected chi connectivity index (χ3v) is 4.82. The summed E-state index contributed by atoms with van der Waals surface area (Å²) in [6, 6.07) is 2.04. The Labute approximate surface area is 130 Å². The molecule has 1 aromatic heterocycles. The second kappa shape index (κ2) is 8.06. The van der Waals surface area contributed by atoms with Crippen LogP contribution in [-0.4, -0.2) is 35.0 Å². The maximum atomic E-state index is 12.3. The first kappa shape index (κ1) is 15.9. The fourth-order valence-corrected chi connectivity index (χ4v) is 3.24. The van der Waals surface area contributed by atoms with Gasteiger partial charge in [0.15, 0.2) is 0 Å². The molecule has 0 aromatic carbocycles.